The first-order valence-electron chi connectivity index (χ1n) is 6.25. The third-order valence-electron chi connectivity index (χ3n) is 2.60. The van der Waals surface area contributed by atoms with Gasteiger partial charge in [0.05, 0.1) is 29.9 Å². The lowest BCUT2D eigenvalue weighted by Crippen LogP contribution is -2.12. The van der Waals surface area contributed by atoms with Crippen molar-refractivity contribution in [1.29, 1.82) is 0 Å². The van der Waals surface area contributed by atoms with E-state index in [4.69, 9.17) is 16.3 Å². The molecule has 0 amide bonds. The van der Waals surface area contributed by atoms with E-state index in [0.29, 0.717) is 10.1 Å². The molecular weight excluding hydrogens is 398 g/mol. The summed E-state index contributed by atoms with van der Waals surface area (Å²) < 4.78 is 36.9. The Balaban J connectivity index is 2.11. The first kappa shape index (κ1) is 18.8. The van der Waals surface area contributed by atoms with Crippen molar-refractivity contribution in [2.45, 2.75) is 9.24 Å². The number of aromatic nitrogens is 2. The number of rotatable bonds is 7. The van der Waals surface area contributed by atoms with Crippen LogP contribution in [0.3, 0.4) is 0 Å². The van der Waals surface area contributed by atoms with Gasteiger partial charge in [0.2, 0.25) is 5.13 Å². The number of hydrogen-bond acceptors (Lipinski definition) is 9. The number of thioether (sulfide) groups is 1. The van der Waals surface area contributed by atoms with E-state index in [-0.39, 0.29) is 20.8 Å². The van der Waals surface area contributed by atoms with Gasteiger partial charge in [-0.25, -0.2) is 8.42 Å². The second-order valence-corrected chi connectivity index (χ2v) is 8.43. The molecule has 24 heavy (non-hydrogen) atoms. The van der Waals surface area contributed by atoms with Crippen LogP contribution >= 0.6 is 34.7 Å². The number of halogens is 1. The Morgan fingerprint density at radius 3 is 2.75 bits per heavy atom. The van der Waals surface area contributed by atoms with Crippen LogP contribution in [0.2, 0.25) is 5.02 Å². The molecule has 2 rings (SSSR count). The number of esters is 1. The third kappa shape index (κ3) is 4.72. The summed E-state index contributed by atoms with van der Waals surface area (Å²) in [5, 5.41) is 7.78. The molecule has 0 saturated heterocycles. The van der Waals surface area contributed by atoms with E-state index in [1.165, 1.54) is 32.4 Å². The van der Waals surface area contributed by atoms with Crippen LogP contribution in [0.5, 0.6) is 5.75 Å². The molecule has 1 aromatic heterocycles. The van der Waals surface area contributed by atoms with E-state index >= 15 is 0 Å². The first-order valence-corrected chi connectivity index (χ1v) is 9.91. The molecule has 0 bridgehead atoms. The highest BCUT2D eigenvalue weighted by molar-refractivity contribution is 8.01. The van der Waals surface area contributed by atoms with Crippen LogP contribution in [-0.4, -0.2) is 44.6 Å². The van der Waals surface area contributed by atoms with E-state index in [2.05, 4.69) is 19.7 Å². The minimum Gasteiger partial charge on any atom is -0.495 e. The van der Waals surface area contributed by atoms with Crippen molar-refractivity contribution < 1.29 is 22.7 Å². The molecule has 8 nitrogen and oxygen atoms in total. The molecule has 0 spiro atoms. The molecule has 0 fully saturated rings. The molecule has 0 aliphatic heterocycles. The summed E-state index contributed by atoms with van der Waals surface area (Å²) in [4.78, 5) is 11.0. The zero-order valence-corrected chi connectivity index (χ0v) is 15.7. The van der Waals surface area contributed by atoms with Crippen LogP contribution in [0, 0.1) is 0 Å². The molecule has 12 heteroatoms. The van der Waals surface area contributed by atoms with Crippen LogP contribution in [-0.2, 0) is 19.6 Å². The summed E-state index contributed by atoms with van der Waals surface area (Å²) in [6.07, 6.45) is 0. The Hall–Kier alpha value is -1.56. The number of benzene rings is 1. The fourth-order valence-electron chi connectivity index (χ4n) is 1.48. The van der Waals surface area contributed by atoms with Gasteiger partial charge in [-0.3, -0.25) is 9.52 Å². The number of anilines is 1. The van der Waals surface area contributed by atoms with Crippen molar-refractivity contribution >= 4 is 55.8 Å². The minimum atomic E-state index is -3.87. The van der Waals surface area contributed by atoms with Gasteiger partial charge in [0.15, 0.2) is 4.34 Å². The Kier molecular flexibility index (Phi) is 6.27. The van der Waals surface area contributed by atoms with E-state index < -0.39 is 16.0 Å². The lowest BCUT2D eigenvalue weighted by atomic mass is 10.3. The van der Waals surface area contributed by atoms with Crippen LogP contribution in [0.25, 0.3) is 0 Å². The molecule has 2 aromatic rings. The molecule has 0 unspecified atom stereocenters. The number of carbonyl (C=O) groups excluding carboxylic acids is 1. The lowest BCUT2D eigenvalue weighted by molar-refractivity contribution is -0.137. The van der Waals surface area contributed by atoms with E-state index in [0.717, 1.165) is 23.1 Å². The van der Waals surface area contributed by atoms with Crippen molar-refractivity contribution in [3.05, 3.63) is 23.2 Å². The van der Waals surface area contributed by atoms with Gasteiger partial charge >= 0.3 is 5.97 Å². The number of nitrogens with one attached hydrogen (secondary N) is 1. The highest BCUT2D eigenvalue weighted by Crippen LogP contribution is 2.30. The third-order valence-corrected chi connectivity index (χ3v) is 6.31. The summed E-state index contributed by atoms with van der Waals surface area (Å²) in [6, 6.07) is 4.09. The average Bonchev–Trinajstić information content (AvgIpc) is 2.99. The van der Waals surface area contributed by atoms with Gasteiger partial charge in [-0.05, 0) is 18.2 Å². The van der Waals surface area contributed by atoms with Gasteiger partial charge in [0.25, 0.3) is 10.0 Å². The van der Waals surface area contributed by atoms with Gasteiger partial charge < -0.3 is 9.47 Å². The molecule has 0 aliphatic carbocycles. The second kappa shape index (κ2) is 8.01. The summed E-state index contributed by atoms with van der Waals surface area (Å²) in [6.45, 7) is 0. The smallest absolute Gasteiger partial charge is 0.316 e. The van der Waals surface area contributed by atoms with Crippen molar-refractivity contribution in [2.75, 3.05) is 24.7 Å². The number of carbonyl (C=O) groups is 1. The Labute approximate surface area is 151 Å². The Morgan fingerprint density at radius 2 is 2.12 bits per heavy atom. The van der Waals surface area contributed by atoms with Crippen LogP contribution in [0.15, 0.2) is 27.4 Å². The van der Waals surface area contributed by atoms with E-state index in [9.17, 15) is 13.2 Å². The van der Waals surface area contributed by atoms with Gasteiger partial charge in [-0.2, -0.15) is 0 Å². The number of methoxy groups -OCH3 is 2. The predicted molar refractivity (Wildman–Crippen MR) is 91.5 cm³/mol. The fourth-order valence-corrected chi connectivity index (χ4v) is 4.64. The van der Waals surface area contributed by atoms with Gasteiger partial charge in [0.1, 0.15) is 5.75 Å². The van der Waals surface area contributed by atoms with E-state index in [1.807, 2.05) is 0 Å². The molecule has 1 aromatic carbocycles. The van der Waals surface area contributed by atoms with Crippen molar-refractivity contribution in [2.24, 2.45) is 0 Å². The maximum absolute atomic E-state index is 12.3. The Morgan fingerprint density at radius 1 is 1.38 bits per heavy atom. The number of hydrogen-bond donors (Lipinski definition) is 1. The molecule has 0 saturated carbocycles. The van der Waals surface area contributed by atoms with Crippen LogP contribution in [0.1, 0.15) is 0 Å². The van der Waals surface area contributed by atoms with Crippen LogP contribution in [0.4, 0.5) is 5.13 Å². The second-order valence-electron chi connectivity index (χ2n) is 4.14. The standard InChI is InChI=1S/C12H12ClN3O5S3/c1-20-9-4-3-7(5-8(9)13)24(18,19)16-11-14-15-12(23-11)22-6-10(17)21-2/h3-5H,6H2,1-2H3,(H,14,16). The number of ether oxygens (including phenoxy) is 2. The zero-order chi connectivity index (χ0) is 17.7. The maximum atomic E-state index is 12.3. The summed E-state index contributed by atoms with van der Waals surface area (Å²) >= 11 is 8.04. The number of sulfonamides is 1. The van der Waals surface area contributed by atoms with Crippen molar-refractivity contribution in [1.82, 2.24) is 10.2 Å². The van der Waals surface area contributed by atoms with Crippen molar-refractivity contribution in [3.63, 3.8) is 0 Å². The lowest BCUT2D eigenvalue weighted by Gasteiger charge is -2.07. The molecule has 130 valence electrons. The molecule has 1 heterocycles. The van der Waals surface area contributed by atoms with Gasteiger partial charge in [-0.1, -0.05) is 34.7 Å². The van der Waals surface area contributed by atoms with Crippen molar-refractivity contribution in [3.8, 4) is 5.75 Å². The van der Waals surface area contributed by atoms with Gasteiger partial charge in [0, 0.05) is 0 Å². The normalized spacial score (nSPS) is 11.1. The van der Waals surface area contributed by atoms with Gasteiger partial charge in [-0.15, -0.1) is 10.2 Å². The highest BCUT2D eigenvalue weighted by atomic mass is 35.5. The first-order chi connectivity index (χ1) is 11.4. The predicted octanol–water partition coefficient (Wildman–Crippen LogP) is 2.27. The summed E-state index contributed by atoms with van der Waals surface area (Å²) in [5.74, 6) is 0.0182. The topological polar surface area (TPSA) is 107 Å². The maximum Gasteiger partial charge on any atom is 0.316 e. The molecular formula is C12H12ClN3O5S3. The highest BCUT2D eigenvalue weighted by Gasteiger charge is 2.19. The quantitative estimate of drug-likeness (QED) is 0.548. The summed E-state index contributed by atoms with van der Waals surface area (Å²) in [7, 11) is -1.15. The minimum absolute atomic E-state index is 0.0349. The monoisotopic (exact) mass is 409 g/mol. The summed E-state index contributed by atoms with van der Waals surface area (Å²) in [5.41, 5.74) is 0. The largest absolute Gasteiger partial charge is 0.495 e. The average molecular weight is 410 g/mol. The Bertz CT molecular complexity index is 840. The molecule has 1 N–H and O–H groups in total. The molecule has 0 atom stereocenters. The van der Waals surface area contributed by atoms with E-state index in [1.54, 1.807) is 0 Å². The fraction of sp³-hybridized carbons (Fsp3) is 0.250. The SMILES string of the molecule is COC(=O)CSc1nnc(NS(=O)(=O)c2ccc(OC)c(Cl)c2)s1. The number of nitrogens with zero attached hydrogens (tertiary/aromatic N) is 2. The molecule has 0 aliphatic rings. The van der Waals surface area contributed by atoms with Crippen LogP contribution < -0.4 is 9.46 Å². The molecule has 0 radical (unpaired) electrons. The zero-order valence-electron chi connectivity index (χ0n) is 12.5.